The third kappa shape index (κ3) is 1.21. The smallest absolute Gasteiger partial charge is 0.246 e. The maximum atomic E-state index is 11.5. The van der Waals surface area contributed by atoms with Crippen LogP contribution in [0.4, 0.5) is 4.79 Å². The molecule has 1 aliphatic heterocycles. The molecule has 12 heavy (non-hydrogen) atoms. The first-order chi connectivity index (χ1) is 5.46. The van der Waals surface area contributed by atoms with Crippen LogP contribution in [0.2, 0.25) is 0 Å². The van der Waals surface area contributed by atoms with Gasteiger partial charge in [-0.05, 0) is 13.8 Å². The third-order valence-electron chi connectivity index (χ3n) is 1.75. The minimum absolute atomic E-state index is 0.0364. The van der Waals surface area contributed by atoms with Crippen molar-refractivity contribution in [3.05, 3.63) is 0 Å². The number of carbonyl (C=O) groups excluding carboxylic acids is 1. The Morgan fingerprint density at radius 1 is 1.33 bits per heavy atom. The molecule has 0 saturated carbocycles. The van der Waals surface area contributed by atoms with E-state index in [1.165, 1.54) is 13.7 Å². The lowest BCUT2D eigenvalue weighted by Gasteiger charge is -2.15. The average Bonchev–Trinajstić information content (AvgIpc) is 2.16. The summed E-state index contributed by atoms with van der Waals surface area (Å²) >= 11 is -1.35. The first-order valence-corrected chi connectivity index (χ1v) is 4.75. The van der Waals surface area contributed by atoms with Crippen LogP contribution in [0, 0.1) is 0 Å². The molecule has 0 aromatic heterocycles. The molecule has 70 valence electrons. The van der Waals surface area contributed by atoms with E-state index in [9.17, 15) is 9.00 Å². The first-order valence-electron chi connectivity index (χ1n) is 3.69. The topological polar surface area (TPSA) is 43.9 Å². The van der Waals surface area contributed by atoms with Crippen LogP contribution in [0.15, 0.2) is 0 Å². The molecule has 6 heteroatoms. The van der Waals surface area contributed by atoms with Gasteiger partial charge >= 0.3 is 6.03 Å². The summed E-state index contributed by atoms with van der Waals surface area (Å²) in [7, 11) is 3.22. The highest BCUT2D eigenvalue weighted by Gasteiger charge is 2.39. The Bertz CT molecular complexity index is 211. The zero-order chi connectivity index (χ0) is 9.46. The number of rotatable bonds is 1. The minimum Gasteiger partial charge on any atom is -0.246 e. The number of nitrogens with zero attached hydrogens (tertiary/aromatic N) is 3. The Balaban J connectivity index is 2.91. The number of hydrogen-bond acceptors (Lipinski definition) is 2. The number of urea groups is 1. The summed E-state index contributed by atoms with van der Waals surface area (Å²) in [5.74, 6) is 0. The Kier molecular flexibility index (Phi) is 2.39. The van der Waals surface area contributed by atoms with E-state index >= 15 is 0 Å². The quantitative estimate of drug-likeness (QED) is 0.593. The van der Waals surface area contributed by atoms with Gasteiger partial charge in [-0.2, -0.15) is 0 Å². The van der Waals surface area contributed by atoms with Crippen molar-refractivity contribution in [3.63, 3.8) is 0 Å². The number of carbonyl (C=O) groups is 1. The molecule has 1 saturated heterocycles. The number of hydrazine groups is 1. The second kappa shape index (κ2) is 3.02. The third-order valence-corrected chi connectivity index (χ3v) is 3.36. The summed E-state index contributed by atoms with van der Waals surface area (Å²) in [6.07, 6.45) is 0. The van der Waals surface area contributed by atoms with E-state index in [1.54, 1.807) is 14.1 Å². The molecule has 1 rings (SSSR count). The van der Waals surface area contributed by atoms with Crippen molar-refractivity contribution >= 4 is 17.2 Å². The van der Waals surface area contributed by atoms with Crippen LogP contribution in [-0.2, 0) is 11.2 Å². The van der Waals surface area contributed by atoms with Crippen molar-refractivity contribution < 1.29 is 9.00 Å². The molecule has 1 heterocycles. The Morgan fingerprint density at radius 2 is 1.83 bits per heavy atom. The SMILES string of the molecule is CC(C)N1C(=O)N(C)N(C)S1=O. The van der Waals surface area contributed by atoms with Gasteiger partial charge in [0.25, 0.3) is 0 Å². The van der Waals surface area contributed by atoms with Gasteiger partial charge in [-0.3, -0.25) is 0 Å². The Hall–Kier alpha value is -0.620. The van der Waals surface area contributed by atoms with Gasteiger partial charge in [-0.1, -0.05) is 0 Å². The molecular formula is C6H13N3O2S. The molecule has 1 atom stereocenters. The van der Waals surface area contributed by atoms with Gasteiger partial charge in [0.15, 0.2) is 0 Å². The van der Waals surface area contributed by atoms with Crippen molar-refractivity contribution in [3.8, 4) is 0 Å². The molecule has 0 aromatic carbocycles. The molecule has 0 radical (unpaired) electrons. The summed E-state index contributed by atoms with van der Waals surface area (Å²) in [5.41, 5.74) is 0. The van der Waals surface area contributed by atoms with E-state index in [2.05, 4.69) is 0 Å². The maximum Gasteiger partial charge on any atom is 0.348 e. The molecule has 1 unspecified atom stereocenters. The van der Waals surface area contributed by atoms with Gasteiger partial charge in [-0.15, -0.1) is 4.41 Å². The molecule has 5 nitrogen and oxygen atoms in total. The van der Waals surface area contributed by atoms with Gasteiger partial charge in [0.1, 0.15) is 0 Å². The number of hydrogen-bond donors (Lipinski definition) is 0. The van der Waals surface area contributed by atoms with Crippen molar-refractivity contribution in [2.75, 3.05) is 14.1 Å². The lowest BCUT2D eigenvalue weighted by atomic mass is 10.4. The predicted molar refractivity (Wildman–Crippen MR) is 46.0 cm³/mol. The second-order valence-electron chi connectivity index (χ2n) is 2.92. The summed E-state index contributed by atoms with van der Waals surface area (Å²) in [6, 6.07) is -0.253. The molecule has 2 amide bonds. The van der Waals surface area contributed by atoms with E-state index < -0.39 is 11.2 Å². The average molecular weight is 191 g/mol. The van der Waals surface area contributed by atoms with Crippen LogP contribution in [0.3, 0.4) is 0 Å². The largest absolute Gasteiger partial charge is 0.348 e. The van der Waals surface area contributed by atoms with Gasteiger partial charge in [0, 0.05) is 20.1 Å². The van der Waals surface area contributed by atoms with Crippen LogP contribution >= 0.6 is 0 Å². The fraction of sp³-hybridized carbons (Fsp3) is 0.833. The standard InChI is InChI=1S/C6H13N3O2S/c1-5(2)9-6(10)7(3)8(4)12(9)11/h5H,1-4H3. The highest BCUT2D eigenvalue weighted by molar-refractivity contribution is 7.81. The first kappa shape index (κ1) is 9.47. The Labute approximate surface area is 74.6 Å². The lowest BCUT2D eigenvalue weighted by Crippen LogP contribution is -2.35. The van der Waals surface area contributed by atoms with E-state index in [4.69, 9.17) is 0 Å². The van der Waals surface area contributed by atoms with Crippen LogP contribution in [0.25, 0.3) is 0 Å². The normalized spacial score (nSPS) is 26.1. The zero-order valence-corrected chi connectivity index (χ0v) is 8.46. The molecule has 0 N–H and O–H groups in total. The van der Waals surface area contributed by atoms with Crippen LogP contribution in [-0.4, -0.2) is 44.1 Å². The van der Waals surface area contributed by atoms with Crippen LogP contribution < -0.4 is 0 Å². The van der Waals surface area contributed by atoms with Crippen LogP contribution in [0.5, 0.6) is 0 Å². The molecule has 1 fully saturated rings. The molecule has 0 aliphatic carbocycles. The van der Waals surface area contributed by atoms with Gasteiger partial charge in [-0.25, -0.2) is 18.3 Å². The predicted octanol–water partition coefficient (Wildman–Crippen LogP) is 0.188. The summed E-state index contributed by atoms with van der Waals surface area (Å²) in [6.45, 7) is 3.67. The second-order valence-corrected chi connectivity index (χ2v) is 4.30. The van der Waals surface area contributed by atoms with Crippen molar-refractivity contribution in [2.45, 2.75) is 19.9 Å². The highest BCUT2D eigenvalue weighted by Crippen LogP contribution is 2.18. The minimum atomic E-state index is -1.35. The highest BCUT2D eigenvalue weighted by atomic mass is 32.2. The van der Waals surface area contributed by atoms with Crippen molar-refractivity contribution in [2.24, 2.45) is 0 Å². The molecule has 1 aliphatic rings. The van der Waals surface area contributed by atoms with Gasteiger partial charge in [0.2, 0.25) is 11.2 Å². The van der Waals surface area contributed by atoms with Gasteiger partial charge < -0.3 is 0 Å². The number of amides is 2. The van der Waals surface area contributed by atoms with E-state index in [0.29, 0.717) is 0 Å². The van der Waals surface area contributed by atoms with Crippen LogP contribution in [0.1, 0.15) is 13.8 Å². The fourth-order valence-electron chi connectivity index (χ4n) is 0.963. The summed E-state index contributed by atoms with van der Waals surface area (Å²) < 4.78 is 14.2. The lowest BCUT2D eigenvalue weighted by molar-refractivity contribution is 0.147. The molecule has 0 aromatic rings. The van der Waals surface area contributed by atoms with E-state index in [1.807, 2.05) is 13.8 Å². The van der Waals surface area contributed by atoms with Crippen molar-refractivity contribution in [1.29, 1.82) is 0 Å². The molecular weight excluding hydrogens is 178 g/mol. The monoisotopic (exact) mass is 191 g/mol. The Morgan fingerprint density at radius 3 is 2.00 bits per heavy atom. The zero-order valence-electron chi connectivity index (χ0n) is 7.64. The summed E-state index contributed by atoms with van der Waals surface area (Å²) in [5, 5.41) is 1.34. The fourth-order valence-corrected chi connectivity index (χ4v) is 2.11. The molecule has 0 bridgehead atoms. The van der Waals surface area contributed by atoms with E-state index in [-0.39, 0.29) is 12.1 Å². The molecule has 0 spiro atoms. The maximum absolute atomic E-state index is 11.5. The van der Waals surface area contributed by atoms with E-state index in [0.717, 1.165) is 0 Å². The van der Waals surface area contributed by atoms with Crippen molar-refractivity contribution in [1.82, 2.24) is 13.7 Å². The van der Waals surface area contributed by atoms with Gasteiger partial charge in [0.05, 0.1) is 0 Å². The summed E-state index contributed by atoms with van der Waals surface area (Å²) in [4.78, 5) is 11.4.